The molecule has 2 saturated heterocycles. The summed E-state index contributed by atoms with van der Waals surface area (Å²) >= 11 is 1.72. The second-order valence-electron chi connectivity index (χ2n) is 7.59. The van der Waals surface area contributed by atoms with Gasteiger partial charge in [-0.15, -0.1) is 11.8 Å². The number of allylic oxidation sites excluding steroid dienone is 1. The minimum Gasteiger partial charge on any atom is -0.493 e. The molecule has 3 atom stereocenters. The summed E-state index contributed by atoms with van der Waals surface area (Å²) in [7, 11) is 5.44. The SMILES string of the molecule is COc1ccc([C@]23CCN(C)C2=CC2(CC3)NC(C(=O)O)CS2)cc1OC. The van der Waals surface area contributed by atoms with E-state index >= 15 is 0 Å². The van der Waals surface area contributed by atoms with Crippen LogP contribution >= 0.6 is 11.8 Å². The van der Waals surface area contributed by atoms with E-state index in [1.165, 1.54) is 11.3 Å². The third-order valence-electron chi connectivity index (χ3n) is 6.23. The highest BCUT2D eigenvalue weighted by atomic mass is 32.2. The smallest absolute Gasteiger partial charge is 0.321 e. The molecule has 2 unspecified atom stereocenters. The largest absolute Gasteiger partial charge is 0.493 e. The van der Waals surface area contributed by atoms with Gasteiger partial charge in [0, 0.05) is 30.5 Å². The first-order chi connectivity index (χ1) is 12.9. The van der Waals surface area contributed by atoms with Crippen LogP contribution in [0.1, 0.15) is 24.8 Å². The molecule has 1 spiro atoms. The van der Waals surface area contributed by atoms with E-state index in [9.17, 15) is 9.90 Å². The van der Waals surface area contributed by atoms with Gasteiger partial charge in [0.05, 0.1) is 19.1 Å². The van der Waals surface area contributed by atoms with Crippen LogP contribution in [0, 0.1) is 0 Å². The molecule has 27 heavy (non-hydrogen) atoms. The van der Waals surface area contributed by atoms with E-state index in [0.29, 0.717) is 5.75 Å². The Bertz CT molecular complexity index is 798. The number of carboxylic acid groups (broad SMARTS) is 1. The zero-order valence-electron chi connectivity index (χ0n) is 15.9. The molecule has 3 aliphatic rings. The lowest BCUT2D eigenvalue weighted by molar-refractivity contribution is -0.138. The van der Waals surface area contributed by atoms with E-state index in [0.717, 1.165) is 37.3 Å². The second-order valence-corrected chi connectivity index (χ2v) is 8.94. The van der Waals surface area contributed by atoms with Crippen LogP contribution in [0.4, 0.5) is 0 Å². The first-order valence-electron chi connectivity index (χ1n) is 9.24. The number of likely N-dealkylation sites (tertiary alicyclic amines) is 1. The topological polar surface area (TPSA) is 71.0 Å². The lowest BCUT2D eigenvalue weighted by Crippen LogP contribution is -2.48. The number of nitrogens with one attached hydrogen (secondary N) is 1. The van der Waals surface area contributed by atoms with E-state index in [2.05, 4.69) is 35.5 Å². The Balaban J connectivity index is 1.74. The molecule has 0 bridgehead atoms. The molecule has 0 radical (unpaired) electrons. The molecule has 1 aliphatic carbocycles. The highest BCUT2D eigenvalue weighted by Crippen LogP contribution is 2.54. The van der Waals surface area contributed by atoms with Gasteiger partial charge in [-0.25, -0.2) is 0 Å². The molecule has 1 aromatic carbocycles. The van der Waals surface area contributed by atoms with E-state index in [1.54, 1.807) is 26.0 Å². The highest BCUT2D eigenvalue weighted by molar-refractivity contribution is 8.01. The van der Waals surface area contributed by atoms with Crippen LogP contribution in [0.15, 0.2) is 30.0 Å². The molecule has 2 N–H and O–H groups in total. The fraction of sp³-hybridized carbons (Fsp3) is 0.550. The number of methoxy groups -OCH3 is 2. The van der Waals surface area contributed by atoms with Crippen molar-refractivity contribution in [2.45, 2.75) is 35.6 Å². The zero-order valence-corrected chi connectivity index (χ0v) is 16.8. The van der Waals surface area contributed by atoms with Gasteiger partial charge in [0.25, 0.3) is 0 Å². The van der Waals surface area contributed by atoms with Crippen LogP contribution in [0.3, 0.4) is 0 Å². The Morgan fingerprint density at radius 2 is 2.04 bits per heavy atom. The first-order valence-corrected chi connectivity index (χ1v) is 10.2. The molecule has 4 rings (SSSR count). The van der Waals surface area contributed by atoms with Gasteiger partial charge in [-0.05, 0) is 43.0 Å². The van der Waals surface area contributed by atoms with Crippen LogP contribution in [0.25, 0.3) is 0 Å². The summed E-state index contributed by atoms with van der Waals surface area (Å²) in [5.74, 6) is 1.32. The van der Waals surface area contributed by atoms with Gasteiger partial charge in [-0.2, -0.15) is 0 Å². The molecular formula is C20H26N2O4S. The summed E-state index contributed by atoms with van der Waals surface area (Å²) in [5, 5.41) is 12.7. The minimum atomic E-state index is -0.769. The lowest BCUT2D eigenvalue weighted by atomic mass is 9.69. The van der Waals surface area contributed by atoms with Crippen LogP contribution in [-0.2, 0) is 10.2 Å². The van der Waals surface area contributed by atoms with E-state index < -0.39 is 12.0 Å². The van der Waals surface area contributed by atoms with Gasteiger partial charge in [0.1, 0.15) is 6.04 Å². The van der Waals surface area contributed by atoms with Crippen molar-refractivity contribution in [3.63, 3.8) is 0 Å². The second kappa shape index (κ2) is 6.63. The summed E-state index contributed by atoms with van der Waals surface area (Å²) in [4.78, 5) is 13.4. The average molecular weight is 391 g/mol. The summed E-state index contributed by atoms with van der Waals surface area (Å²) in [6.07, 6.45) is 5.22. The molecule has 0 amide bonds. The number of aliphatic carboxylic acids is 1. The Hall–Kier alpha value is -1.86. The van der Waals surface area contributed by atoms with Crippen LogP contribution in [-0.4, -0.2) is 60.5 Å². The number of fused-ring (bicyclic) bond motifs is 1. The predicted molar refractivity (Wildman–Crippen MR) is 106 cm³/mol. The summed E-state index contributed by atoms with van der Waals surface area (Å²) < 4.78 is 10.9. The van der Waals surface area contributed by atoms with Crippen molar-refractivity contribution in [2.75, 3.05) is 33.6 Å². The first kappa shape index (κ1) is 18.5. The van der Waals surface area contributed by atoms with E-state index in [-0.39, 0.29) is 10.3 Å². The van der Waals surface area contributed by atoms with E-state index in [4.69, 9.17) is 9.47 Å². The number of rotatable bonds is 4. The molecule has 146 valence electrons. The fourth-order valence-corrected chi connectivity index (χ4v) is 6.06. The van der Waals surface area contributed by atoms with Crippen molar-refractivity contribution < 1.29 is 19.4 Å². The number of carboxylic acids is 1. The standard InChI is InChI=1S/C20H26N2O4S/c1-22-9-8-19(13-4-5-15(25-2)16(10-13)26-3)6-7-20(11-17(19)22)21-14(12-27-20)18(23)24/h4-5,10-11,14,21H,6-9,12H2,1-3H3,(H,23,24)/t14?,19-,20?/m0/s1. The quantitative estimate of drug-likeness (QED) is 0.818. The monoisotopic (exact) mass is 390 g/mol. The Morgan fingerprint density at radius 1 is 1.26 bits per heavy atom. The molecule has 2 fully saturated rings. The van der Waals surface area contributed by atoms with Crippen molar-refractivity contribution >= 4 is 17.7 Å². The van der Waals surface area contributed by atoms with Crippen molar-refractivity contribution in [1.82, 2.24) is 10.2 Å². The minimum absolute atomic E-state index is 0.0525. The van der Waals surface area contributed by atoms with Crippen molar-refractivity contribution in [1.29, 1.82) is 0 Å². The molecular weight excluding hydrogens is 364 g/mol. The van der Waals surface area contributed by atoms with Gasteiger partial charge in [0.2, 0.25) is 0 Å². The van der Waals surface area contributed by atoms with Crippen molar-refractivity contribution in [3.05, 3.63) is 35.5 Å². The third-order valence-corrected chi connectivity index (χ3v) is 7.68. The van der Waals surface area contributed by atoms with Gasteiger partial charge in [-0.1, -0.05) is 6.07 Å². The van der Waals surface area contributed by atoms with Crippen molar-refractivity contribution in [2.24, 2.45) is 0 Å². The third kappa shape index (κ3) is 2.88. The summed E-state index contributed by atoms with van der Waals surface area (Å²) in [5.41, 5.74) is 2.47. The summed E-state index contributed by atoms with van der Waals surface area (Å²) in [6.45, 7) is 0.989. The Morgan fingerprint density at radius 3 is 2.70 bits per heavy atom. The van der Waals surface area contributed by atoms with Gasteiger partial charge in [-0.3, -0.25) is 10.1 Å². The van der Waals surface area contributed by atoms with Gasteiger partial charge < -0.3 is 19.5 Å². The van der Waals surface area contributed by atoms with Crippen LogP contribution < -0.4 is 14.8 Å². The average Bonchev–Trinajstić information content (AvgIpc) is 3.24. The lowest BCUT2D eigenvalue weighted by Gasteiger charge is -2.42. The Kier molecular flexibility index (Phi) is 4.55. The molecule has 2 aliphatic heterocycles. The molecule has 2 heterocycles. The number of hydrogen-bond acceptors (Lipinski definition) is 6. The van der Waals surface area contributed by atoms with Crippen LogP contribution in [0.5, 0.6) is 11.5 Å². The molecule has 6 nitrogen and oxygen atoms in total. The van der Waals surface area contributed by atoms with Gasteiger partial charge >= 0.3 is 5.97 Å². The predicted octanol–water partition coefficient (Wildman–Crippen LogP) is 2.44. The number of hydrogen-bond donors (Lipinski definition) is 2. The number of ether oxygens (including phenoxy) is 2. The number of likely N-dealkylation sites (N-methyl/N-ethyl adjacent to an activating group) is 1. The molecule has 0 saturated carbocycles. The number of thioether (sulfide) groups is 1. The molecule has 7 heteroatoms. The number of carbonyl (C=O) groups is 1. The highest BCUT2D eigenvalue weighted by Gasteiger charge is 2.52. The normalized spacial score (nSPS) is 32.3. The van der Waals surface area contributed by atoms with Crippen LogP contribution in [0.2, 0.25) is 0 Å². The fourth-order valence-electron chi connectivity index (χ4n) is 4.71. The maximum atomic E-state index is 11.4. The summed E-state index contributed by atoms with van der Waals surface area (Å²) in [6, 6.07) is 5.74. The maximum Gasteiger partial charge on any atom is 0.321 e. The maximum absolute atomic E-state index is 11.4. The molecule has 0 aromatic heterocycles. The number of nitrogens with zero attached hydrogens (tertiary/aromatic N) is 1. The number of benzene rings is 1. The van der Waals surface area contributed by atoms with Gasteiger partial charge in [0.15, 0.2) is 11.5 Å². The molecule has 1 aromatic rings. The zero-order chi connectivity index (χ0) is 19.2. The Labute approximate surface area is 163 Å². The van der Waals surface area contributed by atoms with E-state index in [1.807, 2.05) is 6.07 Å². The van der Waals surface area contributed by atoms with Crippen molar-refractivity contribution in [3.8, 4) is 11.5 Å².